The molecule has 2 heterocycles. The van der Waals surface area contributed by atoms with E-state index in [0.717, 1.165) is 18.4 Å². The third-order valence-electron chi connectivity index (χ3n) is 3.68. The van der Waals surface area contributed by atoms with Gasteiger partial charge >= 0.3 is 0 Å². The van der Waals surface area contributed by atoms with Gasteiger partial charge < -0.3 is 5.32 Å². The number of nitrogens with one attached hydrogen (secondary N) is 1. The Kier molecular flexibility index (Phi) is 2.89. The molecule has 1 saturated carbocycles. The van der Waals surface area contributed by atoms with Gasteiger partial charge in [0.25, 0.3) is 5.91 Å². The van der Waals surface area contributed by atoms with Crippen molar-refractivity contribution >= 4 is 11.6 Å². The number of hydrogen-bond acceptors (Lipinski definition) is 3. The molecule has 6 heteroatoms. The van der Waals surface area contributed by atoms with Crippen molar-refractivity contribution in [3.8, 4) is 11.4 Å². The van der Waals surface area contributed by atoms with Crippen LogP contribution in [0, 0.1) is 5.82 Å². The Labute approximate surface area is 125 Å². The van der Waals surface area contributed by atoms with Crippen LogP contribution < -0.4 is 5.32 Å². The van der Waals surface area contributed by atoms with Crippen LogP contribution in [-0.4, -0.2) is 26.5 Å². The zero-order valence-electron chi connectivity index (χ0n) is 11.7. The first kappa shape index (κ1) is 12.9. The highest BCUT2D eigenvalue weighted by atomic mass is 19.1. The van der Waals surface area contributed by atoms with Crippen LogP contribution in [0.4, 0.5) is 4.39 Å². The molecule has 22 heavy (non-hydrogen) atoms. The van der Waals surface area contributed by atoms with Crippen molar-refractivity contribution in [2.45, 2.75) is 18.9 Å². The van der Waals surface area contributed by atoms with Gasteiger partial charge in [0.15, 0.2) is 11.5 Å². The second-order valence-electron chi connectivity index (χ2n) is 5.42. The van der Waals surface area contributed by atoms with E-state index in [1.807, 2.05) is 0 Å². The molecule has 0 bridgehead atoms. The summed E-state index contributed by atoms with van der Waals surface area (Å²) in [7, 11) is 0. The van der Waals surface area contributed by atoms with Gasteiger partial charge in [0.05, 0.1) is 5.56 Å². The number of carbonyl (C=O) groups is 1. The molecule has 1 aromatic carbocycles. The van der Waals surface area contributed by atoms with Gasteiger partial charge in [-0.3, -0.25) is 9.20 Å². The molecule has 0 spiro atoms. The third-order valence-corrected chi connectivity index (χ3v) is 3.68. The van der Waals surface area contributed by atoms with Crippen LogP contribution in [0.2, 0.25) is 0 Å². The van der Waals surface area contributed by atoms with Crippen LogP contribution >= 0.6 is 0 Å². The SMILES string of the molecule is O=C(NC1CC1)c1ccc2nnc(-c3ccc(F)cc3)n2c1. The van der Waals surface area contributed by atoms with Gasteiger partial charge in [-0.2, -0.15) is 0 Å². The standard InChI is InChI=1S/C16H13FN4O/c17-12-4-1-10(2-5-12)15-20-19-14-8-3-11(9-21(14)15)16(22)18-13-6-7-13/h1-5,8-9,13H,6-7H2,(H,18,22). The molecule has 1 fully saturated rings. The Bertz CT molecular complexity index is 852. The van der Waals surface area contributed by atoms with E-state index >= 15 is 0 Å². The van der Waals surface area contributed by atoms with Crippen LogP contribution in [0.1, 0.15) is 23.2 Å². The average molecular weight is 296 g/mol. The van der Waals surface area contributed by atoms with Gasteiger partial charge in [-0.25, -0.2) is 4.39 Å². The first-order valence-electron chi connectivity index (χ1n) is 7.12. The summed E-state index contributed by atoms with van der Waals surface area (Å²) >= 11 is 0. The molecule has 1 amide bonds. The molecule has 4 rings (SSSR count). The van der Waals surface area contributed by atoms with Crippen LogP contribution in [0.5, 0.6) is 0 Å². The van der Waals surface area contributed by atoms with Gasteiger partial charge in [-0.1, -0.05) is 0 Å². The van der Waals surface area contributed by atoms with Crippen molar-refractivity contribution in [3.05, 3.63) is 54.0 Å². The fourth-order valence-electron chi connectivity index (χ4n) is 2.32. The number of fused-ring (bicyclic) bond motifs is 1. The molecular weight excluding hydrogens is 283 g/mol. The lowest BCUT2D eigenvalue weighted by Gasteiger charge is -2.05. The van der Waals surface area contributed by atoms with E-state index in [9.17, 15) is 9.18 Å². The maximum absolute atomic E-state index is 13.0. The zero-order valence-corrected chi connectivity index (χ0v) is 11.7. The number of carbonyl (C=O) groups excluding carboxylic acids is 1. The summed E-state index contributed by atoms with van der Waals surface area (Å²) < 4.78 is 14.8. The minimum Gasteiger partial charge on any atom is -0.349 e. The highest BCUT2D eigenvalue weighted by Gasteiger charge is 2.24. The highest BCUT2D eigenvalue weighted by Crippen LogP contribution is 2.21. The van der Waals surface area contributed by atoms with Crippen molar-refractivity contribution in [1.29, 1.82) is 0 Å². The van der Waals surface area contributed by atoms with Crippen LogP contribution in [0.15, 0.2) is 42.6 Å². The fraction of sp³-hybridized carbons (Fsp3) is 0.188. The van der Waals surface area contributed by atoms with E-state index in [1.54, 1.807) is 34.9 Å². The highest BCUT2D eigenvalue weighted by molar-refractivity contribution is 5.94. The summed E-state index contributed by atoms with van der Waals surface area (Å²) in [6.45, 7) is 0. The third kappa shape index (κ3) is 2.32. The second kappa shape index (κ2) is 4.91. The number of amides is 1. The average Bonchev–Trinajstić information content (AvgIpc) is 3.24. The molecule has 0 radical (unpaired) electrons. The molecule has 1 N–H and O–H groups in total. The maximum atomic E-state index is 13.0. The van der Waals surface area contributed by atoms with Crippen LogP contribution in [0.3, 0.4) is 0 Å². The largest absolute Gasteiger partial charge is 0.349 e. The minimum atomic E-state index is -0.304. The smallest absolute Gasteiger partial charge is 0.252 e. The molecular formula is C16H13FN4O. The summed E-state index contributed by atoms with van der Waals surface area (Å²) in [5.41, 5.74) is 1.94. The first-order valence-corrected chi connectivity index (χ1v) is 7.12. The zero-order chi connectivity index (χ0) is 15.1. The summed E-state index contributed by atoms with van der Waals surface area (Å²) in [6.07, 6.45) is 3.80. The molecule has 0 atom stereocenters. The number of nitrogens with zero attached hydrogens (tertiary/aromatic N) is 3. The molecule has 0 unspecified atom stereocenters. The predicted octanol–water partition coefficient (Wildman–Crippen LogP) is 2.43. The number of halogens is 1. The van der Waals surface area contributed by atoms with Crippen LogP contribution in [0.25, 0.3) is 17.0 Å². The molecule has 1 aliphatic carbocycles. The van der Waals surface area contributed by atoms with E-state index in [1.165, 1.54) is 12.1 Å². The molecule has 5 nitrogen and oxygen atoms in total. The number of hydrogen-bond donors (Lipinski definition) is 1. The Morgan fingerprint density at radius 2 is 1.91 bits per heavy atom. The number of pyridine rings is 1. The topological polar surface area (TPSA) is 59.3 Å². The van der Waals surface area contributed by atoms with E-state index in [-0.39, 0.29) is 11.7 Å². The summed E-state index contributed by atoms with van der Waals surface area (Å²) in [5, 5.41) is 11.2. The lowest BCUT2D eigenvalue weighted by Crippen LogP contribution is -2.25. The number of rotatable bonds is 3. The number of aromatic nitrogens is 3. The van der Waals surface area contributed by atoms with Crippen molar-refractivity contribution in [1.82, 2.24) is 19.9 Å². The first-order chi connectivity index (χ1) is 10.7. The fourth-order valence-corrected chi connectivity index (χ4v) is 2.32. The van der Waals surface area contributed by atoms with E-state index in [4.69, 9.17) is 0 Å². The Morgan fingerprint density at radius 1 is 1.14 bits per heavy atom. The van der Waals surface area contributed by atoms with Gasteiger partial charge in [0.2, 0.25) is 0 Å². The summed E-state index contributed by atoms with van der Waals surface area (Å²) in [6, 6.07) is 9.82. The Balaban J connectivity index is 1.75. The molecule has 3 aromatic rings. The van der Waals surface area contributed by atoms with Gasteiger partial charge in [0, 0.05) is 17.8 Å². The van der Waals surface area contributed by atoms with Crippen molar-refractivity contribution in [2.75, 3.05) is 0 Å². The quantitative estimate of drug-likeness (QED) is 0.807. The van der Waals surface area contributed by atoms with Crippen molar-refractivity contribution in [2.24, 2.45) is 0 Å². The van der Waals surface area contributed by atoms with E-state index in [2.05, 4.69) is 15.5 Å². The normalized spacial score (nSPS) is 14.2. The molecule has 1 aliphatic rings. The Morgan fingerprint density at radius 3 is 2.64 bits per heavy atom. The molecule has 110 valence electrons. The lowest BCUT2D eigenvalue weighted by atomic mass is 10.2. The predicted molar refractivity (Wildman–Crippen MR) is 78.9 cm³/mol. The molecule has 0 saturated heterocycles. The molecule has 2 aromatic heterocycles. The lowest BCUT2D eigenvalue weighted by molar-refractivity contribution is 0.0950. The van der Waals surface area contributed by atoms with Crippen molar-refractivity contribution in [3.63, 3.8) is 0 Å². The van der Waals surface area contributed by atoms with Gasteiger partial charge in [0.1, 0.15) is 5.82 Å². The number of benzene rings is 1. The molecule has 0 aliphatic heterocycles. The van der Waals surface area contributed by atoms with E-state index < -0.39 is 0 Å². The Hall–Kier alpha value is -2.76. The van der Waals surface area contributed by atoms with Gasteiger partial charge in [-0.05, 0) is 49.2 Å². The van der Waals surface area contributed by atoms with Crippen molar-refractivity contribution < 1.29 is 9.18 Å². The summed E-state index contributed by atoms with van der Waals surface area (Å²) in [5.74, 6) is 0.182. The monoisotopic (exact) mass is 296 g/mol. The van der Waals surface area contributed by atoms with Crippen LogP contribution in [-0.2, 0) is 0 Å². The van der Waals surface area contributed by atoms with Gasteiger partial charge in [-0.15, -0.1) is 10.2 Å². The second-order valence-corrected chi connectivity index (χ2v) is 5.42. The maximum Gasteiger partial charge on any atom is 0.252 e. The summed E-state index contributed by atoms with van der Waals surface area (Å²) in [4.78, 5) is 12.1. The van der Waals surface area contributed by atoms with E-state index in [0.29, 0.717) is 23.1 Å². The minimum absolute atomic E-state index is 0.0943.